The highest BCUT2D eigenvalue weighted by Gasteiger charge is 2.23. The highest BCUT2D eigenvalue weighted by atomic mass is 32.2. The highest BCUT2D eigenvalue weighted by molar-refractivity contribution is 8.00. The van der Waals surface area contributed by atoms with Crippen molar-refractivity contribution in [1.82, 2.24) is 0 Å². The summed E-state index contributed by atoms with van der Waals surface area (Å²) in [6.45, 7) is 5.02. The molecule has 0 saturated carbocycles. The van der Waals surface area contributed by atoms with Crippen LogP contribution in [-0.2, 0) is 19.1 Å². The molecule has 0 bridgehead atoms. The molecule has 0 atom stereocenters. The molecule has 2 aromatic rings. The Kier molecular flexibility index (Phi) is 6.78. The van der Waals surface area contributed by atoms with E-state index in [9.17, 15) is 19.2 Å². The van der Waals surface area contributed by atoms with E-state index in [-0.39, 0.29) is 18.1 Å². The second-order valence-electron chi connectivity index (χ2n) is 6.38. The number of nitrogens with one attached hydrogen (secondary N) is 2. The number of thioether (sulfide) groups is 1. The Hall–Kier alpha value is -2.85. The molecule has 0 radical (unpaired) electrons. The molecule has 0 saturated heterocycles. The number of hydrogen-bond acceptors (Lipinski definition) is 8. The smallest absolute Gasteiger partial charge is 0.341 e. The summed E-state index contributed by atoms with van der Waals surface area (Å²) in [6.07, 6.45) is 0. The maximum atomic E-state index is 12.3. The maximum Gasteiger partial charge on any atom is 0.341 e. The Morgan fingerprint density at radius 3 is 2.67 bits per heavy atom. The summed E-state index contributed by atoms with van der Waals surface area (Å²) in [6, 6.07) is 4.82. The van der Waals surface area contributed by atoms with Crippen LogP contribution < -0.4 is 10.6 Å². The van der Waals surface area contributed by atoms with Gasteiger partial charge in [0.05, 0.1) is 29.2 Å². The van der Waals surface area contributed by atoms with Gasteiger partial charge in [0.1, 0.15) is 5.00 Å². The second kappa shape index (κ2) is 9.31. The summed E-state index contributed by atoms with van der Waals surface area (Å²) in [4.78, 5) is 50.0. The molecule has 3 rings (SSSR count). The molecule has 0 unspecified atom stereocenters. The molecule has 30 heavy (non-hydrogen) atoms. The molecule has 2 amide bonds. The van der Waals surface area contributed by atoms with Crippen LogP contribution in [0.1, 0.15) is 38.1 Å². The molecule has 158 valence electrons. The summed E-state index contributed by atoms with van der Waals surface area (Å²) < 4.78 is 10.1. The number of benzene rings is 1. The van der Waals surface area contributed by atoms with Gasteiger partial charge in [0.15, 0.2) is 6.61 Å². The van der Waals surface area contributed by atoms with Gasteiger partial charge in [-0.3, -0.25) is 9.59 Å². The van der Waals surface area contributed by atoms with Crippen molar-refractivity contribution in [2.24, 2.45) is 0 Å². The lowest BCUT2D eigenvalue weighted by molar-refractivity contribution is -0.119. The minimum Gasteiger partial charge on any atom is -0.462 e. The summed E-state index contributed by atoms with van der Waals surface area (Å²) in [5, 5.41) is 5.67. The third-order valence-corrected chi connectivity index (χ3v) is 6.50. The van der Waals surface area contributed by atoms with Crippen molar-refractivity contribution in [1.29, 1.82) is 0 Å². The van der Waals surface area contributed by atoms with Gasteiger partial charge in [-0.1, -0.05) is 0 Å². The Morgan fingerprint density at radius 1 is 1.17 bits per heavy atom. The minimum atomic E-state index is -0.693. The first-order chi connectivity index (χ1) is 14.3. The van der Waals surface area contributed by atoms with Crippen LogP contribution in [0.3, 0.4) is 0 Å². The summed E-state index contributed by atoms with van der Waals surface area (Å²) in [7, 11) is 0. The fourth-order valence-electron chi connectivity index (χ4n) is 2.75. The van der Waals surface area contributed by atoms with Crippen molar-refractivity contribution >= 4 is 57.5 Å². The number of rotatable bonds is 6. The Bertz CT molecular complexity index is 1030. The molecule has 0 aliphatic carbocycles. The highest BCUT2D eigenvalue weighted by Crippen LogP contribution is 2.33. The number of thiophene rings is 1. The predicted octanol–water partition coefficient (Wildman–Crippen LogP) is 3.38. The molecule has 1 aromatic heterocycles. The van der Waals surface area contributed by atoms with Gasteiger partial charge < -0.3 is 20.1 Å². The Labute approximate surface area is 181 Å². The van der Waals surface area contributed by atoms with Crippen LogP contribution in [0.5, 0.6) is 0 Å². The molecule has 0 fully saturated rings. The molecule has 1 aliphatic rings. The number of anilines is 2. The van der Waals surface area contributed by atoms with Crippen molar-refractivity contribution in [2.75, 3.05) is 29.6 Å². The largest absolute Gasteiger partial charge is 0.462 e. The fourth-order valence-corrected chi connectivity index (χ4v) is 4.60. The number of fused-ring (bicyclic) bond motifs is 1. The lowest BCUT2D eigenvalue weighted by atomic mass is 10.1. The number of ether oxygens (including phenoxy) is 2. The molecule has 2 heterocycles. The first-order valence-corrected chi connectivity index (χ1v) is 10.9. The van der Waals surface area contributed by atoms with E-state index in [1.165, 1.54) is 29.2 Å². The van der Waals surface area contributed by atoms with Crippen molar-refractivity contribution < 1.29 is 28.7 Å². The third kappa shape index (κ3) is 4.82. The summed E-state index contributed by atoms with van der Waals surface area (Å²) >= 11 is 2.64. The molecule has 10 heteroatoms. The van der Waals surface area contributed by atoms with Gasteiger partial charge in [-0.05, 0) is 44.5 Å². The fraction of sp³-hybridized carbons (Fsp3) is 0.300. The Balaban J connectivity index is 1.63. The van der Waals surface area contributed by atoms with E-state index in [1.807, 2.05) is 6.92 Å². The van der Waals surface area contributed by atoms with Crippen LogP contribution >= 0.6 is 23.1 Å². The topological polar surface area (TPSA) is 111 Å². The number of esters is 2. The van der Waals surface area contributed by atoms with E-state index >= 15 is 0 Å². The predicted molar refractivity (Wildman–Crippen MR) is 114 cm³/mol. The molecular formula is C20H20N2O6S2. The van der Waals surface area contributed by atoms with Crippen LogP contribution in [0, 0.1) is 13.8 Å². The average Bonchev–Trinajstić information content (AvgIpc) is 2.98. The van der Waals surface area contributed by atoms with E-state index < -0.39 is 24.5 Å². The van der Waals surface area contributed by atoms with E-state index in [4.69, 9.17) is 9.47 Å². The second-order valence-corrected chi connectivity index (χ2v) is 8.62. The number of hydrogen-bond donors (Lipinski definition) is 2. The number of carbonyl (C=O) groups is 4. The van der Waals surface area contributed by atoms with Crippen LogP contribution in [0.15, 0.2) is 23.1 Å². The number of carbonyl (C=O) groups excluding carboxylic acids is 4. The molecule has 8 nitrogen and oxygen atoms in total. The van der Waals surface area contributed by atoms with Crippen molar-refractivity contribution in [3.05, 3.63) is 39.8 Å². The zero-order chi connectivity index (χ0) is 21.8. The quantitative estimate of drug-likeness (QED) is 0.652. The van der Waals surface area contributed by atoms with Crippen molar-refractivity contribution in [3.63, 3.8) is 0 Å². The lowest BCUT2D eigenvalue weighted by Gasteiger charge is -2.16. The van der Waals surface area contributed by atoms with Gasteiger partial charge in [0.2, 0.25) is 5.91 Å². The van der Waals surface area contributed by atoms with Gasteiger partial charge in [-0.25, -0.2) is 9.59 Å². The van der Waals surface area contributed by atoms with Gasteiger partial charge in [-0.15, -0.1) is 23.1 Å². The SMILES string of the molecule is CCOC(=O)c1c(NC(=O)COC(=O)c2ccc3c(c2)NC(=O)CS3)sc(C)c1C. The van der Waals surface area contributed by atoms with Crippen LogP contribution in [-0.4, -0.2) is 42.7 Å². The molecule has 1 aliphatic heterocycles. The third-order valence-electron chi connectivity index (χ3n) is 4.30. The first kappa shape index (κ1) is 21.8. The zero-order valence-corrected chi connectivity index (χ0v) is 18.3. The first-order valence-electron chi connectivity index (χ1n) is 9.11. The Morgan fingerprint density at radius 2 is 1.93 bits per heavy atom. The minimum absolute atomic E-state index is 0.142. The average molecular weight is 449 g/mol. The standard InChI is InChI=1S/C20H20N2O6S2/c1-4-27-20(26)17-10(2)11(3)30-18(17)22-15(23)8-28-19(25)12-5-6-14-13(7-12)21-16(24)9-29-14/h5-7H,4,8-9H2,1-3H3,(H,21,24)(H,22,23). The summed E-state index contributed by atoms with van der Waals surface area (Å²) in [5.41, 5.74) is 1.81. The number of aryl methyl sites for hydroxylation is 1. The monoisotopic (exact) mass is 448 g/mol. The molecular weight excluding hydrogens is 428 g/mol. The van der Waals surface area contributed by atoms with E-state index in [0.29, 0.717) is 22.0 Å². The van der Waals surface area contributed by atoms with Crippen molar-refractivity contribution in [3.8, 4) is 0 Å². The van der Waals surface area contributed by atoms with E-state index in [0.717, 1.165) is 15.3 Å². The lowest BCUT2D eigenvalue weighted by Crippen LogP contribution is -2.22. The van der Waals surface area contributed by atoms with E-state index in [1.54, 1.807) is 26.0 Å². The molecule has 0 spiro atoms. The van der Waals surface area contributed by atoms with Gasteiger partial charge in [0, 0.05) is 9.77 Å². The van der Waals surface area contributed by atoms with Crippen LogP contribution in [0.2, 0.25) is 0 Å². The number of amides is 2. The van der Waals surface area contributed by atoms with E-state index in [2.05, 4.69) is 10.6 Å². The van der Waals surface area contributed by atoms with Crippen LogP contribution in [0.4, 0.5) is 10.7 Å². The van der Waals surface area contributed by atoms with Crippen molar-refractivity contribution in [2.45, 2.75) is 25.7 Å². The molecule has 1 aromatic carbocycles. The van der Waals surface area contributed by atoms with Gasteiger partial charge >= 0.3 is 11.9 Å². The van der Waals surface area contributed by atoms with Crippen LogP contribution in [0.25, 0.3) is 0 Å². The van der Waals surface area contributed by atoms with Gasteiger partial charge in [0.25, 0.3) is 5.91 Å². The zero-order valence-electron chi connectivity index (χ0n) is 16.6. The van der Waals surface area contributed by atoms with Gasteiger partial charge in [-0.2, -0.15) is 0 Å². The maximum absolute atomic E-state index is 12.3. The molecule has 2 N–H and O–H groups in total. The normalized spacial score (nSPS) is 12.6. The summed E-state index contributed by atoms with van der Waals surface area (Å²) in [5.74, 6) is -1.59.